The topological polar surface area (TPSA) is 148 Å². The van der Waals surface area contributed by atoms with Crippen molar-refractivity contribution in [2.45, 2.75) is 57.1 Å². The predicted octanol–water partition coefficient (Wildman–Crippen LogP) is 1.95. The van der Waals surface area contributed by atoms with Crippen molar-refractivity contribution >= 4 is 36.1 Å². The monoisotopic (exact) mass is 548 g/mol. The Morgan fingerprint density at radius 2 is 1.86 bits per heavy atom. The fourth-order valence-electron chi connectivity index (χ4n) is 4.60. The zero-order valence-electron chi connectivity index (χ0n) is 20.4. The molecule has 1 aliphatic carbocycles. The molecule has 0 radical (unpaired) electrons. The summed E-state index contributed by atoms with van der Waals surface area (Å²) in [6, 6.07) is 13.3. The number of phenols is 1. The minimum atomic E-state index is -5.30. The molecule has 190 valence electrons. The third-order valence-corrected chi connectivity index (χ3v) is 9.77. The summed E-state index contributed by atoms with van der Waals surface area (Å²) in [6.45, 7) is 5.45. The number of hydrogen-bond donors (Lipinski definition) is 4. The normalized spacial score (nSPS) is 22.4. The summed E-state index contributed by atoms with van der Waals surface area (Å²) in [5.74, 6) is -1.57. The van der Waals surface area contributed by atoms with Crippen LogP contribution < -0.4 is 15.4 Å². The number of aromatic hydroxyl groups is 1. The summed E-state index contributed by atoms with van der Waals surface area (Å²) in [6.07, 6.45) is 0.946. The van der Waals surface area contributed by atoms with Crippen molar-refractivity contribution in [3.63, 3.8) is 0 Å². The molecule has 2 aromatic carbocycles. The van der Waals surface area contributed by atoms with E-state index in [1.54, 1.807) is 0 Å². The number of hydrogen-bond acceptors (Lipinski definition) is 7. The number of phenolic OH excluding ortho intramolecular Hbond substituents is 1. The minimum absolute atomic E-state index is 0.0296. The van der Waals surface area contributed by atoms with Crippen LogP contribution in [0, 0.1) is 5.92 Å². The van der Waals surface area contributed by atoms with Crippen LogP contribution in [0.1, 0.15) is 45.6 Å². The van der Waals surface area contributed by atoms with E-state index >= 15 is 0 Å². The Balaban J connectivity index is 1.77. The summed E-state index contributed by atoms with van der Waals surface area (Å²) < 4.78 is 34.5. The molecule has 3 rings (SSSR count). The van der Waals surface area contributed by atoms with Crippen molar-refractivity contribution in [3.05, 3.63) is 54.1 Å². The van der Waals surface area contributed by atoms with Crippen molar-refractivity contribution in [2.24, 2.45) is 11.7 Å². The molecule has 9 nitrogen and oxygen atoms in total. The van der Waals surface area contributed by atoms with Crippen molar-refractivity contribution in [1.82, 2.24) is 0 Å². The first-order chi connectivity index (χ1) is 16.3. The number of rotatable bonds is 9. The Hall–Kier alpha value is -2.58. The van der Waals surface area contributed by atoms with Crippen LogP contribution in [0.25, 0.3) is 0 Å². The van der Waals surface area contributed by atoms with Gasteiger partial charge in [0.05, 0.1) is 0 Å². The number of carbonyl (C=O) groups is 2. The molecule has 0 aliphatic heterocycles. The number of ether oxygens (including phenoxy) is 1. The Morgan fingerprint density at radius 3 is 2.43 bits per heavy atom. The zero-order chi connectivity index (χ0) is 26.0. The SMILES string of the molecule is COC(=O)C1(O[As](=O)(O)c2ccc(O)c(NC(C)=O)c2)CC(C(N)CC(C)(C)c2ccccc2)C1. The Labute approximate surface area is 208 Å². The van der Waals surface area contributed by atoms with Gasteiger partial charge in [0.15, 0.2) is 0 Å². The van der Waals surface area contributed by atoms with Gasteiger partial charge in [-0.3, -0.25) is 0 Å². The number of carbonyl (C=O) groups excluding carboxylic acids is 2. The van der Waals surface area contributed by atoms with Crippen LogP contribution in [0.5, 0.6) is 5.75 Å². The van der Waals surface area contributed by atoms with Gasteiger partial charge in [0, 0.05) is 0 Å². The summed E-state index contributed by atoms with van der Waals surface area (Å²) in [5, 5.41) is 12.3. The van der Waals surface area contributed by atoms with Gasteiger partial charge in [-0.05, 0) is 0 Å². The van der Waals surface area contributed by atoms with Crippen molar-refractivity contribution in [2.75, 3.05) is 12.4 Å². The maximum absolute atomic E-state index is 13.2. The number of methoxy groups -OCH3 is 1. The van der Waals surface area contributed by atoms with Crippen LogP contribution in [0.15, 0.2) is 48.5 Å². The molecule has 35 heavy (non-hydrogen) atoms. The molecule has 2 unspecified atom stereocenters. The van der Waals surface area contributed by atoms with E-state index in [-0.39, 0.29) is 46.0 Å². The van der Waals surface area contributed by atoms with Gasteiger partial charge in [-0.15, -0.1) is 0 Å². The Bertz CT molecular complexity index is 1130. The van der Waals surface area contributed by atoms with E-state index in [0.717, 1.165) is 5.56 Å². The van der Waals surface area contributed by atoms with Gasteiger partial charge in [-0.1, -0.05) is 0 Å². The summed E-state index contributed by atoms with van der Waals surface area (Å²) in [7, 11) is 1.20. The number of nitrogens with two attached hydrogens (primary N) is 1. The van der Waals surface area contributed by atoms with Crippen LogP contribution in [0.2, 0.25) is 0 Å². The van der Waals surface area contributed by atoms with E-state index in [0.29, 0.717) is 6.42 Å². The third-order valence-electron chi connectivity index (χ3n) is 6.56. The van der Waals surface area contributed by atoms with Crippen LogP contribution in [0.3, 0.4) is 0 Å². The average Bonchev–Trinajstić information content (AvgIpc) is 2.76. The summed E-state index contributed by atoms with van der Waals surface area (Å²) in [4.78, 5) is 24.0. The van der Waals surface area contributed by atoms with E-state index in [9.17, 15) is 22.5 Å². The molecular formula is C25H33AsN2O7. The van der Waals surface area contributed by atoms with Gasteiger partial charge >= 0.3 is 208 Å². The predicted molar refractivity (Wildman–Crippen MR) is 131 cm³/mol. The van der Waals surface area contributed by atoms with Gasteiger partial charge in [0.2, 0.25) is 0 Å². The molecular weight excluding hydrogens is 515 g/mol. The van der Waals surface area contributed by atoms with Crippen LogP contribution >= 0.6 is 0 Å². The second-order valence-corrected chi connectivity index (χ2v) is 13.4. The van der Waals surface area contributed by atoms with Crippen molar-refractivity contribution in [3.8, 4) is 5.75 Å². The molecule has 0 heterocycles. The summed E-state index contributed by atoms with van der Waals surface area (Å²) in [5.41, 5.74) is 5.84. The van der Waals surface area contributed by atoms with E-state index in [1.165, 1.54) is 32.2 Å². The molecule has 5 N–H and O–H groups in total. The molecule has 0 saturated heterocycles. The number of anilines is 1. The quantitative estimate of drug-likeness (QED) is 0.211. The standard InChI is InChI=1S/C25H33AsN2O7/c1-16(29)28-21-12-19(10-11-22(21)30)26(32,33)35-25(23(31)34-4)13-17(14-25)20(27)15-24(2,3)18-8-6-5-7-9-18/h5-12,17,20,30H,13-15,27H2,1-4H3,(H,28,29)(H,32,33). The van der Waals surface area contributed by atoms with Gasteiger partial charge in [-0.2, -0.15) is 0 Å². The van der Waals surface area contributed by atoms with Gasteiger partial charge in [0.25, 0.3) is 0 Å². The number of esters is 1. The summed E-state index contributed by atoms with van der Waals surface area (Å²) >= 11 is -5.30. The Morgan fingerprint density at radius 1 is 1.23 bits per heavy atom. The molecule has 0 bridgehead atoms. The number of benzene rings is 2. The molecule has 1 fully saturated rings. The molecule has 1 saturated carbocycles. The second-order valence-electron chi connectivity index (χ2n) is 9.77. The van der Waals surface area contributed by atoms with Gasteiger partial charge in [-0.25, -0.2) is 0 Å². The van der Waals surface area contributed by atoms with Gasteiger partial charge < -0.3 is 0 Å². The average molecular weight is 548 g/mol. The molecule has 2 atom stereocenters. The third kappa shape index (κ3) is 5.98. The molecule has 0 aromatic heterocycles. The molecule has 2 aromatic rings. The molecule has 10 heteroatoms. The second kappa shape index (κ2) is 10.2. The number of nitrogens with one attached hydrogen (secondary N) is 1. The fraction of sp³-hybridized carbons (Fsp3) is 0.440. The van der Waals surface area contributed by atoms with Crippen LogP contribution in [0.4, 0.5) is 5.69 Å². The van der Waals surface area contributed by atoms with E-state index < -0.39 is 31.7 Å². The van der Waals surface area contributed by atoms with E-state index in [1.807, 2.05) is 30.3 Å². The maximum atomic E-state index is 13.2. The molecule has 1 aliphatic rings. The van der Waals surface area contributed by atoms with E-state index in [4.69, 9.17) is 14.2 Å². The van der Waals surface area contributed by atoms with Crippen LogP contribution in [-0.2, 0) is 27.2 Å². The van der Waals surface area contributed by atoms with Crippen molar-refractivity contribution in [1.29, 1.82) is 0 Å². The molecule has 1 amide bonds. The first kappa shape index (κ1) is 27.0. The number of amides is 1. The Kier molecular flexibility index (Phi) is 7.86. The van der Waals surface area contributed by atoms with Crippen LogP contribution in [-0.4, -0.2) is 54.0 Å². The van der Waals surface area contributed by atoms with Crippen molar-refractivity contribution < 1.29 is 31.0 Å². The first-order valence-electron chi connectivity index (χ1n) is 11.3. The molecule has 0 spiro atoms. The first-order valence-corrected chi connectivity index (χ1v) is 14.6. The fourth-order valence-corrected chi connectivity index (χ4v) is 7.45. The van der Waals surface area contributed by atoms with E-state index in [2.05, 4.69) is 19.2 Å². The van der Waals surface area contributed by atoms with Gasteiger partial charge in [0.1, 0.15) is 0 Å². The zero-order valence-corrected chi connectivity index (χ0v) is 22.2.